The van der Waals surface area contributed by atoms with Gasteiger partial charge in [-0.1, -0.05) is 11.2 Å². The fourth-order valence-electron chi connectivity index (χ4n) is 1.48. The highest BCUT2D eigenvalue weighted by atomic mass is 16.5. The molecule has 0 radical (unpaired) electrons. The second kappa shape index (κ2) is 4.77. The van der Waals surface area contributed by atoms with E-state index in [1.165, 1.54) is 6.20 Å². The molecule has 0 bridgehead atoms. The Bertz CT molecular complexity index is 663. The van der Waals surface area contributed by atoms with Crippen LogP contribution in [-0.4, -0.2) is 25.6 Å². The van der Waals surface area contributed by atoms with E-state index in [-0.39, 0.29) is 6.61 Å². The maximum atomic E-state index is 5.65. The first kappa shape index (κ1) is 11.2. The quantitative estimate of drug-likeness (QED) is 0.671. The molecule has 2 aromatic heterocycles. The summed E-state index contributed by atoms with van der Waals surface area (Å²) in [5, 5.41) is 13.8. The zero-order valence-electron chi connectivity index (χ0n) is 9.78. The molecule has 3 N–H and O–H groups in total. The number of nitrogen functional groups attached to an aromatic ring is 1. The molecule has 0 saturated heterocycles. The number of hydrogen-bond donors (Lipinski definition) is 2. The van der Waals surface area contributed by atoms with Crippen LogP contribution in [0.25, 0.3) is 11.5 Å². The lowest BCUT2D eigenvalue weighted by Gasteiger charge is -2.02. The van der Waals surface area contributed by atoms with Gasteiger partial charge in [0.1, 0.15) is 5.75 Å². The number of ether oxygens (including phenoxy) is 1. The molecular weight excluding hydrogens is 248 g/mol. The Labute approximate surface area is 107 Å². The minimum absolute atomic E-state index is 0.161. The monoisotopic (exact) mass is 258 g/mol. The fraction of sp³-hybridized carbons (Fsp3) is 0.0909. The zero-order chi connectivity index (χ0) is 13.1. The average Bonchev–Trinajstić information content (AvgIpc) is 3.07. The van der Waals surface area contributed by atoms with Crippen LogP contribution >= 0.6 is 0 Å². The molecule has 3 aromatic rings. The predicted molar refractivity (Wildman–Crippen MR) is 64.9 cm³/mol. The first-order valence-electron chi connectivity index (χ1n) is 5.48. The molecule has 0 aliphatic carbocycles. The van der Waals surface area contributed by atoms with E-state index in [0.29, 0.717) is 28.8 Å². The highest BCUT2D eigenvalue weighted by molar-refractivity contribution is 5.45. The highest BCUT2D eigenvalue weighted by Gasteiger charge is 2.11. The third-order valence-corrected chi connectivity index (χ3v) is 2.33. The van der Waals surface area contributed by atoms with Crippen molar-refractivity contribution in [2.75, 3.05) is 5.73 Å². The summed E-state index contributed by atoms with van der Waals surface area (Å²) in [5.41, 5.74) is 6.79. The van der Waals surface area contributed by atoms with E-state index in [4.69, 9.17) is 15.0 Å². The van der Waals surface area contributed by atoms with Crippen molar-refractivity contribution >= 4 is 5.69 Å². The molecule has 0 aliphatic rings. The molecule has 19 heavy (non-hydrogen) atoms. The normalized spacial score (nSPS) is 10.5. The highest BCUT2D eigenvalue weighted by Crippen LogP contribution is 2.16. The molecule has 96 valence electrons. The SMILES string of the molecule is Nc1cccc(OCc2nc(-c3cn[nH]n3)no2)c1. The zero-order valence-corrected chi connectivity index (χ0v) is 9.78. The smallest absolute Gasteiger partial charge is 0.264 e. The van der Waals surface area contributed by atoms with Crippen molar-refractivity contribution in [2.24, 2.45) is 0 Å². The van der Waals surface area contributed by atoms with Gasteiger partial charge in [-0.25, -0.2) is 0 Å². The third-order valence-electron chi connectivity index (χ3n) is 2.33. The molecule has 1 aromatic carbocycles. The van der Waals surface area contributed by atoms with Gasteiger partial charge in [-0.2, -0.15) is 20.4 Å². The second-order valence-corrected chi connectivity index (χ2v) is 3.73. The predicted octanol–water partition coefficient (Wildman–Crippen LogP) is 1.02. The lowest BCUT2D eigenvalue weighted by molar-refractivity contribution is 0.243. The Kier molecular flexibility index (Phi) is 2.81. The fourth-order valence-corrected chi connectivity index (χ4v) is 1.48. The van der Waals surface area contributed by atoms with Crippen molar-refractivity contribution in [2.45, 2.75) is 6.61 Å². The van der Waals surface area contributed by atoms with Crippen molar-refractivity contribution in [3.63, 3.8) is 0 Å². The summed E-state index contributed by atoms with van der Waals surface area (Å²) < 4.78 is 10.5. The lowest BCUT2D eigenvalue weighted by Crippen LogP contribution is -1.96. The van der Waals surface area contributed by atoms with Gasteiger partial charge in [-0.05, 0) is 12.1 Å². The number of H-pyrrole nitrogens is 1. The van der Waals surface area contributed by atoms with Crippen LogP contribution in [0.4, 0.5) is 5.69 Å². The Balaban J connectivity index is 1.68. The molecule has 3 rings (SSSR count). The summed E-state index contributed by atoms with van der Waals surface area (Å²) in [6.45, 7) is 0.161. The van der Waals surface area contributed by atoms with Crippen LogP contribution in [0.1, 0.15) is 5.89 Å². The summed E-state index contributed by atoms with van der Waals surface area (Å²) in [6.07, 6.45) is 1.51. The standard InChI is InChI=1S/C11H10N6O2/c12-7-2-1-3-8(4-7)18-6-10-14-11(16-19-10)9-5-13-17-15-9/h1-5H,6,12H2,(H,13,15,17). The van der Waals surface area contributed by atoms with E-state index in [1.807, 2.05) is 0 Å². The molecule has 8 heteroatoms. The van der Waals surface area contributed by atoms with Crippen molar-refractivity contribution < 1.29 is 9.26 Å². The number of hydrogen-bond acceptors (Lipinski definition) is 7. The Morgan fingerprint density at radius 2 is 2.32 bits per heavy atom. The number of nitrogens with two attached hydrogens (primary N) is 1. The van der Waals surface area contributed by atoms with Gasteiger partial charge >= 0.3 is 0 Å². The molecular formula is C11H10N6O2. The van der Waals surface area contributed by atoms with Crippen molar-refractivity contribution in [3.8, 4) is 17.3 Å². The number of anilines is 1. The molecule has 0 unspecified atom stereocenters. The van der Waals surface area contributed by atoms with Crippen LogP contribution in [0.5, 0.6) is 5.75 Å². The summed E-state index contributed by atoms with van der Waals surface area (Å²) in [7, 11) is 0. The van der Waals surface area contributed by atoms with Gasteiger partial charge in [-0.15, -0.1) is 0 Å². The average molecular weight is 258 g/mol. The van der Waals surface area contributed by atoms with E-state index in [0.717, 1.165) is 0 Å². The van der Waals surface area contributed by atoms with E-state index in [2.05, 4.69) is 25.6 Å². The van der Waals surface area contributed by atoms with Gasteiger partial charge in [0.05, 0.1) is 6.20 Å². The Morgan fingerprint density at radius 1 is 1.37 bits per heavy atom. The first-order valence-corrected chi connectivity index (χ1v) is 5.48. The van der Waals surface area contributed by atoms with Gasteiger partial charge in [0, 0.05) is 11.8 Å². The maximum absolute atomic E-state index is 5.65. The number of nitrogens with one attached hydrogen (secondary N) is 1. The van der Waals surface area contributed by atoms with Crippen molar-refractivity contribution in [1.29, 1.82) is 0 Å². The first-order chi connectivity index (χ1) is 9.31. The van der Waals surface area contributed by atoms with Crippen molar-refractivity contribution in [3.05, 3.63) is 36.4 Å². The summed E-state index contributed by atoms with van der Waals surface area (Å²) in [5.74, 6) is 1.35. The minimum Gasteiger partial charge on any atom is -0.484 e. The van der Waals surface area contributed by atoms with Crippen LogP contribution in [0.15, 0.2) is 35.0 Å². The van der Waals surface area contributed by atoms with E-state index < -0.39 is 0 Å². The van der Waals surface area contributed by atoms with Crippen LogP contribution in [0, 0.1) is 0 Å². The van der Waals surface area contributed by atoms with Crippen LogP contribution in [0.3, 0.4) is 0 Å². The number of benzene rings is 1. The summed E-state index contributed by atoms with van der Waals surface area (Å²) in [6, 6.07) is 7.10. The number of rotatable bonds is 4. The van der Waals surface area contributed by atoms with Gasteiger partial charge < -0.3 is 15.0 Å². The lowest BCUT2D eigenvalue weighted by atomic mass is 10.3. The molecule has 2 heterocycles. The Morgan fingerprint density at radius 3 is 3.11 bits per heavy atom. The largest absolute Gasteiger partial charge is 0.484 e. The van der Waals surface area contributed by atoms with Crippen LogP contribution in [0.2, 0.25) is 0 Å². The van der Waals surface area contributed by atoms with Crippen molar-refractivity contribution in [1.82, 2.24) is 25.6 Å². The van der Waals surface area contributed by atoms with E-state index in [9.17, 15) is 0 Å². The second-order valence-electron chi connectivity index (χ2n) is 3.73. The van der Waals surface area contributed by atoms with E-state index in [1.54, 1.807) is 24.3 Å². The molecule has 0 fully saturated rings. The molecule has 0 aliphatic heterocycles. The molecule has 8 nitrogen and oxygen atoms in total. The number of aromatic nitrogens is 5. The number of aromatic amines is 1. The molecule has 0 spiro atoms. The molecule has 0 amide bonds. The van der Waals surface area contributed by atoms with Gasteiger partial charge in [0.25, 0.3) is 5.89 Å². The topological polar surface area (TPSA) is 116 Å². The minimum atomic E-state index is 0.161. The van der Waals surface area contributed by atoms with Gasteiger partial charge in [0.15, 0.2) is 12.3 Å². The van der Waals surface area contributed by atoms with Crippen LogP contribution < -0.4 is 10.5 Å². The van der Waals surface area contributed by atoms with Gasteiger partial charge in [0.2, 0.25) is 5.82 Å². The van der Waals surface area contributed by atoms with Gasteiger partial charge in [-0.3, -0.25) is 0 Å². The summed E-state index contributed by atoms with van der Waals surface area (Å²) in [4.78, 5) is 4.13. The van der Waals surface area contributed by atoms with E-state index >= 15 is 0 Å². The van der Waals surface area contributed by atoms with Crippen LogP contribution in [-0.2, 0) is 6.61 Å². The molecule has 0 saturated carbocycles. The Hall–Kier alpha value is -2.90. The third kappa shape index (κ3) is 2.51. The molecule has 0 atom stereocenters. The maximum Gasteiger partial charge on any atom is 0.264 e. The summed E-state index contributed by atoms with van der Waals surface area (Å²) >= 11 is 0. The number of nitrogens with zero attached hydrogens (tertiary/aromatic N) is 4.